The topological polar surface area (TPSA) is 9.23 Å². The molecule has 0 fully saturated rings. The van der Waals surface area contributed by atoms with Crippen molar-refractivity contribution in [2.45, 2.75) is 104 Å². The summed E-state index contributed by atoms with van der Waals surface area (Å²) < 4.78 is 6.59. The summed E-state index contributed by atoms with van der Waals surface area (Å²) in [7, 11) is 0. The van der Waals surface area contributed by atoms with Gasteiger partial charge in [-0.05, 0) is 102 Å². The molecule has 3 unspecified atom stereocenters. The van der Waals surface area contributed by atoms with Crippen LogP contribution in [0.3, 0.4) is 0 Å². The fourth-order valence-corrected chi connectivity index (χ4v) is 5.85. The lowest BCUT2D eigenvalue weighted by Crippen LogP contribution is -2.28. The minimum atomic E-state index is 0.321. The van der Waals surface area contributed by atoms with Crippen LogP contribution in [0.5, 0.6) is 5.75 Å². The Morgan fingerprint density at radius 3 is 2.32 bits per heavy atom. The number of hydrogen-bond donors (Lipinski definition) is 0. The predicted molar refractivity (Wildman–Crippen MR) is 132 cm³/mol. The van der Waals surface area contributed by atoms with Crippen molar-refractivity contribution < 1.29 is 4.74 Å². The molecule has 1 aliphatic heterocycles. The van der Waals surface area contributed by atoms with Gasteiger partial charge in [0.1, 0.15) is 5.75 Å². The first-order valence-electron chi connectivity index (χ1n) is 12.8. The Morgan fingerprint density at radius 2 is 1.61 bits per heavy atom. The maximum absolute atomic E-state index is 6.59. The first kappa shape index (κ1) is 22.4. The third-order valence-corrected chi connectivity index (χ3v) is 7.85. The molecule has 0 spiro atoms. The van der Waals surface area contributed by atoms with E-state index in [4.69, 9.17) is 4.74 Å². The first-order valence-corrected chi connectivity index (χ1v) is 12.8. The van der Waals surface area contributed by atoms with E-state index in [0.29, 0.717) is 23.9 Å². The number of benzene rings is 2. The maximum Gasteiger partial charge on any atom is 0.123 e. The molecule has 31 heavy (non-hydrogen) atoms. The molecule has 0 N–H and O–H groups in total. The molecule has 4 rings (SSSR count). The first-order chi connectivity index (χ1) is 14.8. The molecule has 1 nitrogen and oxygen atoms in total. The third-order valence-electron chi connectivity index (χ3n) is 7.85. The smallest absolute Gasteiger partial charge is 0.123 e. The fourth-order valence-electron chi connectivity index (χ4n) is 5.85. The van der Waals surface area contributed by atoms with Gasteiger partial charge in [-0.3, -0.25) is 0 Å². The van der Waals surface area contributed by atoms with Crippen LogP contribution in [0.4, 0.5) is 0 Å². The summed E-state index contributed by atoms with van der Waals surface area (Å²) in [5.41, 5.74) is 7.53. The Hall–Kier alpha value is -1.76. The number of ether oxygens (including phenoxy) is 1. The van der Waals surface area contributed by atoms with Crippen molar-refractivity contribution in [3.05, 3.63) is 64.2 Å². The second kappa shape index (κ2) is 9.39. The van der Waals surface area contributed by atoms with Crippen molar-refractivity contribution in [3.63, 3.8) is 0 Å². The molecule has 0 bridgehead atoms. The monoisotopic (exact) mass is 418 g/mol. The SMILES string of the molecule is CC(C)c1ccc2c(c1)OC(CCc1ccc3c(c1)CCCC3C(C)C)CC2C(C)C. The maximum atomic E-state index is 6.59. The molecular weight excluding hydrogens is 376 g/mol. The van der Waals surface area contributed by atoms with Gasteiger partial charge in [0.2, 0.25) is 0 Å². The van der Waals surface area contributed by atoms with Gasteiger partial charge in [0, 0.05) is 0 Å². The van der Waals surface area contributed by atoms with E-state index in [1.165, 1.54) is 36.0 Å². The lowest BCUT2D eigenvalue weighted by molar-refractivity contribution is 0.138. The van der Waals surface area contributed by atoms with Gasteiger partial charge < -0.3 is 4.74 Å². The van der Waals surface area contributed by atoms with Crippen LogP contribution in [0.15, 0.2) is 36.4 Å². The highest BCUT2D eigenvalue weighted by Crippen LogP contribution is 2.43. The van der Waals surface area contributed by atoms with E-state index in [1.54, 1.807) is 11.1 Å². The van der Waals surface area contributed by atoms with Gasteiger partial charge in [0.25, 0.3) is 0 Å². The summed E-state index contributed by atoms with van der Waals surface area (Å²) in [6.45, 7) is 14.0. The molecule has 1 heterocycles. The molecular formula is C30H42O. The van der Waals surface area contributed by atoms with Gasteiger partial charge in [0.15, 0.2) is 0 Å². The van der Waals surface area contributed by atoms with Gasteiger partial charge in [-0.15, -0.1) is 0 Å². The molecule has 1 aliphatic carbocycles. The summed E-state index contributed by atoms with van der Waals surface area (Å²) in [6.07, 6.45) is 7.65. The van der Waals surface area contributed by atoms with Crippen molar-refractivity contribution in [1.82, 2.24) is 0 Å². The Balaban J connectivity index is 1.48. The number of rotatable bonds is 6. The Kier molecular flexibility index (Phi) is 6.80. The zero-order valence-electron chi connectivity index (χ0n) is 20.6. The second-order valence-electron chi connectivity index (χ2n) is 11.1. The highest BCUT2D eigenvalue weighted by molar-refractivity contribution is 5.43. The van der Waals surface area contributed by atoms with Crippen LogP contribution in [0.25, 0.3) is 0 Å². The lowest BCUT2D eigenvalue weighted by atomic mass is 9.76. The summed E-state index contributed by atoms with van der Waals surface area (Å²) in [4.78, 5) is 0. The van der Waals surface area contributed by atoms with Gasteiger partial charge >= 0.3 is 0 Å². The van der Waals surface area contributed by atoms with E-state index in [-0.39, 0.29) is 0 Å². The van der Waals surface area contributed by atoms with E-state index in [9.17, 15) is 0 Å². The Bertz CT molecular complexity index is 891. The zero-order valence-corrected chi connectivity index (χ0v) is 20.6. The molecule has 1 heteroatoms. The number of hydrogen-bond acceptors (Lipinski definition) is 1. The Labute approximate surface area is 190 Å². The average molecular weight is 419 g/mol. The van der Waals surface area contributed by atoms with Crippen molar-refractivity contribution in [2.75, 3.05) is 0 Å². The summed E-state index contributed by atoms with van der Waals surface area (Å²) in [5, 5.41) is 0. The van der Waals surface area contributed by atoms with E-state index in [2.05, 4.69) is 77.9 Å². The molecule has 0 radical (unpaired) electrons. The molecule has 0 saturated heterocycles. The minimum absolute atomic E-state index is 0.321. The highest BCUT2D eigenvalue weighted by atomic mass is 16.5. The van der Waals surface area contributed by atoms with Crippen LogP contribution in [-0.2, 0) is 12.8 Å². The standard InChI is InChI=1S/C30H42O/c1-19(2)23-12-15-28-29(21(5)6)18-25(31-30(28)17-23)13-10-22-11-14-27-24(16-22)8-7-9-26(27)20(3)4/h11-12,14-17,19-21,25-26,29H,7-10,13,18H2,1-6H3. The Morgan fingerprint density at radius 1 is 0.871 bits per heavy atom. The van der Waals surface area contributed by atoms with Gasteiger partial charge in [-0.25, -0.2) is 0 Å². The molecule has 3 atom stereocenters. The van der Waals surface area contributed by atoms with E-state index < -0.39 is 0 Å². The highest BCUT2D eigenvalue weighted by Gasteiger charge is 2.30. The number of aryl methyl sites for hydroxylation is 2. The average Bonchev–Trinajstić information content (AvgIpc) is 2.75. The molecule has 0 aromatic heterocycles. The molecule has 168 valence electrons. The molecule has 2 aromatic carbocycles. The minimum Gasteiger partial charge on any atom is -0.490 e. The largest absolute Gasteiger partial charge is 0.490 e. The van der Waals surface area contributed by atoms with Gasteiger partial charge in [0.05, 0.1) is 6.10 Å². The van der Waals surface area contributed by atoms with Crippen LogP contribution >= 0.6 is 0 Å². The molecule has 2 aromatic rings. The van der Waals surface area contributed by atoms with Crippen LogP contribution in [0, 0.1) is 11.8 Å². The summed E-state index contributed by atoms with van der Waals surface area (Å²) in [5.74, 6) is 4.42. The third kappa shape index (κ3) is 4.86. The van der Waals surface area contributed by atoms with Crippen LogP contribution < -0.4 is 4.74 Å². The van der Waals surface area contributed by atoms with E-state index in [0.717, 1.165) is 36.8 Å². The van der Waals surface area contributed by atoms with Crippen molar-refractivity contribution in [1.29, 1.82) is 0 Å². The second-order valence-corrected chi connectivity index (χ2v) is 11.1. The fraction of sp³-hybridized carbons (Fsp3) is 0.600. The number of fused-ring (bicyclic) bond motifs is 2. The van der Waals surface area contributed by atoms with E-state index in [1.807, 2.05) is 0 Å². The predicted octanol–water partition coefficient (Wildman–Crippen LogP) is 8.41. The molecule has 2 aliphatic rings. The lowest BCUT2D eigenvalue weighted by Gasteiger charge is -2.35. The summed E-state index contributed by atoms with van der Waals surface area (Å²) >= 11 is 0. The van der Waals surface area contributed by atoms with Crippen LogP contribution in [-0.4, -0.2) is 6.10 Å². The normalized spacial score (nSPS) is 23.1. The molecule has 0 saturated carbocycles. The zero-order chi connectivity index (χ0) is 22.1. The van der Waals surface area contributed by atoms with Crippen molar-refractivity contribution >= 4 is 0 Å². The van der Waals surface area contributed by atoms with Gasteiger partial charge in [-0.1, -0.05) is 71.9 Å². The molecule has 0 amide bonds. The van der Waals surface area contributed by atoms with Crippen LogP contribution in [0.2, 0.25) is 0 Å². The van der Waals surface area contributed by atoms with E-state index >= 15 is 0 Å². The van der Waals surface area contributed by atoms with Crippen molar-refractivity contribution in [3.8, 4) is 5.75 Å². The quantitative estimate of drug-likeness (QED) is 0.457. The van der Waals surface area contributed by atoms with Crippen LogP contribution in [0.1, 0.15) is 113 Å². The summed E-state index contributed by atoms with van der Waals surface area (Å²) in [6, 6.07) is 14.3. The van der Waals surface area contributed by atoms with Crippen molar-refractivity contribution in [2.24, 2.45) is 11.8 Å². The van der Waals surface area contributed by atoms with Gasteiger partial charge in [-0.2, -0.15) is 0 Å².